The van der Waals surface area contributed by atoms with Crippen molar-refractivity contribution in [2.24, 2.45) is 5.92 Å². The number of ether oxygens (including phenoxy) is 3. The van der Waals surface area contributed by atoms with E-state index in [1.54, 1.807) is 6.92 Å². The monoisotopic (exact) mass is 543 g/mol. The van der Waals surface area contributed by atoms with Crippen LogP contribution < -0.4 is 5.32 Å². The fraction of sp³-hybridized carbons (Fsp3) is 0.312. The number of carbonyl (C=O) groups excluding carboxylic acids is 4. The first-order valence-electron chi connectivity index (χ1n) is 13.3. The van der Waals surface area contributed by atoms with Gasteiger partial charge in [0.2, 0.25) is 5.91 Å². The Kier molecular flexibility index (Phi) is 9.67. The lowest BCUT2D eigenvalue weighted by molar-refractivity contribution is -0.148. The van der Waals surface area contributed by atoms with E-state index in [4.69, 9.17) is 14.2 Å². The van der Waals surface area contributed by atoms with Gasteiger partial charge in [0, 0.05) is 18.3 Å². The molecule has 1 aliphatic rings. The Morgan fingerprint density at radius 1 is 0.800 bits per heavy atom. The summed E-state index contributed by atoms with van der Waals surface area (Å²) < 4.78 is 15.6. The van der Waals surface area contributed by atoms with Crippen LogP contribution in [0.5, 0.6) is 0 Å². The molecule has 40 heavy (non-hydrogen) atoms. The summed E-state index contributed by atoms with van der Waals surface area (Å²) in [5.74, 6) is -3.04. The van der Waals surface area contributed by atoms with E-state index in [9.17, 15) is 19.2 Å². The molecule has 2 atom stereocenters. The zero-order valence-corrected chi connectivity index (χ0v) is 22.6. The molecule has 0 aromatic heterocycles. The molecule has 1 amide bonds. The van der Waals surface area contributed by atoms with E-state index in [2.05, 4.69) is 17.4 Å². The molecule has 8 heteroatoms. The van der Waals surface area contributed by atoms with Gasteiger partial charge >= 0.3 is 17.9 Å². The number of benzene rings is 3. The summed E-state index contributed by atoms with van der Waals surface area (Å²) in [4.78, 5) is 49.9. The Labute approximate surface area is 233 Å². The SMILES string of the molecule is COC(=O)[C@@H](CCC(=O)OCc1ccccc1)NC(=O)[C@H](C)CC(=O)OCC1c2ccccc2-c2ccccc21. The van der Waals surface area contributed by atoms with Crippen LogP contribution in [0, 0.1) is 5.92 Å². The first kappa shape index (κ1) is 28.5. The summed E-state index contributed by atoms with van der Waals surface area (Å²) in [6.07, 6.45) is -0.244. The molecule has 208 valence electrons. The second kappa shape index (κ2) is 13.6. The normalized spacial score (nSPS) is 13.3. The average Bonchev–Trinajstić information content (AvgIpc) is 3.30. The zero-order valence-electron chi connectivity index (χ0n) is 22.6. The third kappa shape index (κ3) is 7.14. The molecule has 4 rings (SSSR count). The van der Waals surface area contributed by atoms with E-state index >= 15 is 0 Å². The maximum absolute atomic E-state index is 12.8. The molecule has 0 fully saturated rings. The molecule has 0 bridgehead atoms. The highest BCUT2D eigenvalue weighted by atomic mass is 16.5. The van der Waals surface area contributed by atoms with Gasteiger partial charge in [-0.3, -0.25) is 14.4 Å². The highest BCUT2D eigenvalue weighted by Gasteiger charge is 2.30. The van der Waals surface area contributed by atoms with Gasteiger partial charge in [-0.25, -0.2) is 4.79 Å². The number of hydrogen-bond acceptors (Lipinski definition) is 7. The minimum absolute atomic E-state index is 0.00367. The molecule has 1 aliphatic carbocycles. The van der Waals surface area contributed by atoms with Crippen LogP contribution >= 0.6 is 0 Å². The lowest BCUT2D eigenvalue weighted by Gasteiger charge is -2.19. The van der Waals surface area contributed by atoms with Crippen molar-refractivity contribution in [3.63, 3.8) is 0 Å². The van der Waals surface area contributed by atoms with E-state index in [0.717, 1.165) is 27.8 Å². The molecule has 1 N–H and O–H groups in total. The van der Waals surface area contributed by atoms with Crippen molar-refractivity contribution < 1.29 is 33.4 Å². The maximum Gasteiger partial charge on any atom is 0.328 e. The number of nitrogens with one attached hydrogen (secondary N) is 1. The predicted octanol–water partition coefficient (Wildman–Crippen LogP) is 4.55. The quantitative estimate of drug-likeness (QED) is 0.264. The Bertz CT molecular complexity index is 1310. The smallest absolute Gasteiger partial charge is 0.328 e. The minimum Gasteiger partial charge on any atom is -0.467 e. The van der Waals surface area contributed by atoms with Gasteiger partial charge in [0.25, 0.3) is 0 Å². The van der Waals surface area contributed by atoms with Gasteiger partial charge in [-0.1, -0.05) is 85.8 Å². The minimum atomic E-state index is -1.05. The third-order valence-corrected chi connectivity index (χ3v) is 6.98. The number of methoxy groups -OCH3 is 1. The van der Waals surface area contributed by atoms with Gasteiger partial charge in [-0.15, -0.1) is 0 Å². The molecule has 0 heterocycles. The molecular formula is C32H33NO7. The predicted molar refractivity (Wildman–Crippen MR) is 148 cm³/mol. The second-order valence-electron chi connectivity index (χ2n) is 9.78. The number of carbonyl (C=O) groups is 4. The van der Waals surface area contributed by atoms with Crippen LogP contribution in [0.2, 0.25) is 0 Å². The van der Waals surface area contributed by atoms with E-state index in [1.165, 1.54) is 7.11 Å². The molecular weight excluding hydrogens is 510 g/mol. The third-order valence-electron chi connectivity index (χ3n) is 6.98. The van der Waals surface area contributed by atoms with Gasteiger partial charge in [0.05, 0.1) is 13.5 Å². The zero-order chi connectivity index (χ0) is 28.5. The fourth-order valence-corrected chi connectivity index (χ4v) is 4.79. The fourth-order valence-electron chi connectivity index (χ4n) is 4.79. The summed E-state index contributed by atoms with van der Waals surface area (Å²) in [5.41, 5.74) is 5.31. The molecule has 8 nitrogen and oxygen atoms in total. The number of amides is 1. The van der Waals surface area contributed by atoms with Gasteiger partial charge < -0.3 is 19.5 Å². The number of rotatable bonds is 12. The average molecular weight is 544 g/mol. The van der Waals surface area contributed by atoms with E-state index < -0.39 is 35.8 Å². The van der Waals surface area contributed by atoms with Crippen LogP contribution in [0.4, 0.5) is 0 Å². The van der Waals surface area contributed by atoms with Gasteiger partial charge in [0.1, 0.15) is 19.3 Å². The van der Waals surface area contributed by atoms with E-state index in [-0.39, 0.29) is 38.4 Å². The molecule has 0 spiro atoms. The number of fused-ring (bicyclic) bond motifs is 3. The molecule has 0 saturated heterocycles. The van der Waals surface area contributed by atoms with Gasteiger partial charge in [-0.2, -0.15) is 0 Å². The maximum atomic E-state index is 12.8. The topological polar surface area (TPSA) is 108 Å². The van der Waals surface area contributed by atoms with Gasteiger partial charge in [0.15, 0.2) is 0 Å². The van der Waals surface area contributed by atoms with Crippen LogP contribution in [-0.2, 0) is 40.0 Å². The number of hydrogen-bond donors (Lipinski definition) is 1. The van der Waals surface area contributed by atoms with Crippen LogP contribution in [0.15, 0.2) is 78.9 Å². The van der Waals surface area contributed by atoms with Crippen molar-refractivity contribution in [2.45, 2.75) is 44.8 Å². The largest absolute Gasteiger partial charge is 0.467 e. The van der Waals surface area contributed by atoms with Gasteiger partial charge in [-0.05, 0) is 34.2 Å². The Morgan fingerprint density at radius 3 is 2.02 bits per heavy atom. The lowest BCUT2D eigenvalue weighted by Crippen LogP contribution is -2.44. The van der Waals surface area contributed by atoms with Crippen molar-refractivity contribution in [3.8, 4) is 11.1 Å². The number of esters is 3. The second-order valence-corrected chi connectivity index (χ2v) is 9.78. The summed E-state index contributed by atoms with van der Waals surface area (Å²) in [6.45, 7) is 1.86. The first-order chi connectivity index (χ1) is 19.4. The van der Waals surface area contributed by atoms with Crippen LogP contribution in [0.1, 0.15) is 48.8 Å². The molecule has 0 radical (unpaired) electrons. The summed E-state index contributed by atoms with van der Waals surface area (Å²) >= 11 is 0. The lowest BCUT2D eigenvalue weighted by atomic mass is 9.98. The van der Waals surface area contributed by atoms with Crippen molar-refractivity contribution in [1.29, 1.82) is 0 Å². The summed E-state index contributed by atoms with van der Waals surface area (Å²) in [7, 11) is 1.20. The summed E-state index contributed by atoms with van der Waals surface area (Å²) in [6, 6.07) is 24.3. The van der Waals surface area contributed by atoms with Crippen molar-refractivity contribution in [2.75, 3.05) is 13.7 Å². The highest BCUT2D eigenvalue weighted by Crippen LogP contribution is 2.44. The van der Waals surface area contributed by atoms with Crippen LogP contribution in [-0.4, -0.2) is 43.6 Å². The highest BCUT2D eigenvalue weighted by molar-refractivity contribution is 5.88. The van der Waals surface area contributed by atoms with E-state index in [1.807, 2.05) is 66.7 Å². The van der Waals surface area contributed by atoms with Crippen LogP contribution in [0.3, 0.4) is 0 Å². The van der Waals surface area contributed by atoms with Crippen molar-refractivity contribution in [1.82, 2.24) is 5.32 Å². The van der Waals surface area contributed by atoms with Crippen LogP contribution in [0.25, 0.3) is 11.1 Å². The standard InChI is InChI=1S/C32H33NO7/c1-21(18-30(35)40-20-27-25-14-8-6-12-23(25)24-13-7-9-15-26(24)27)31(36)33-28(32(37)38-2)16-17-29(34)39-19-22-10-4-3-5-11-22/h3-15,21,27-28H,16-20H2,1-2H3,(H,33,36)/t21-,28-/m1/s1. The van der Waals surface area contributed by atoms with Crippen molar-refractivity contribution in [3.05, 3.63) is 95.6 Å². The molecule has 0 unspecified atom stereocenters. The van der Waals surface area contributed by atoms with Crippen molar-refractivity contribution >= 4 is 23.8 Å². The Hall–Kier alpha value is -4.46. The molecule has 0 saturated carbocycles. The Morgan fingerprint density at radius 2 is 1.40 bits per heavy atom. The summed E-state index contributed by atoms with van der Waals surface area (Å²) in [5, 5.41) is 2.60. The molecule has 0 aliphatic heterocycles. The first-order valence-corrected chi connectivity index (χ1v) is 13.3. The van der Waals surface area contributed by atoms with E-state index in [0.29, 0.717) is 0 Å². The molecule has 3 aromatic rings. The molecule has 3 aromatic carbocycles. The Balaban J connectivity index is 1.26.